The average Bonchev–Trinajstić information content (AvgIpc) is 2.76. The van der Waals surface area contributed by atoms with Crippen molar-refractivity contribution in [1.82, 2.24) is 0 Å². The van der Waals surface area contributed by atoms with Crippen LogP contribution < -0.4 is 4.90 Å². The van der Waals surface area contributed by atoms with Crippen molar-refractivity contribution in [2.45, 2.75) is 0 Å². The summed E-state index contributed by atoms with van der Waals surface area (Å²) >= 11 is 0. The molecule has 0 radical (unpaired) electrons. The fourth-order valence-electron chi connectivity index (χ4n) is 1.01. The number of esters is 1. The number of rotatable bonds is 2. The molecule has 0 saturated heterocycles. The smallest absolute Gasteiger partial charge is 0.426 e. The van der Waals surface area contributed by atoms with Crippen LogP contribution in [-0.2, 0) is 9.47 Å². The molecule has 0 atom stereocenters. The van der Waals surface area contributed by atoms with Crippen LogP contribution in [0.25, 0.3) is 0 Å². The first kappa shape index (κ1) is 12.6. The molecule has 2 amide bonds. The average molecular weight is 243 g/mol. The summed E-state index contributed by atoms with van der Waals surface area (Å²) < 4.78 is 13.5. The molecule has 0 aromatic carbocycles. The van der Waals surface area contributed by atoms with E-state index in [1.165, 1.54) is 6.07 Å². The van der Waals surface area contributed by atoms with Crippen LogP contribution in [0.3, 0.4) is 0 Å². The molecule has 0 spiro atoms. The van der Waals surface area contributed by atoms with E-state index in [1.807, 2.05) is 0 Å². The Morgan fingerprint density at radius 3 is 2.35 bits per heavy atom. The summed E-state index contributed by atoms with van der Waals surface area (Å²) in [5.74, 6) is -1.37. The van der Waals surface area contributed by atoms with Gasteiger partial charge in [0.15, 0.2) is 0 Å². The van der Waals surface area contributed by atoms with Crippen LogP contribution in [0.5, 0.6) is 0 Å². The maximum Gasteiger partial charge on any atom is 0.426 e. The second-order valence-corrected chi connectivity index (χ2v) is 2.72. The van der Waals surface area contributed by atoms with E-state index in [4.69, 9.17) is 9.52 Å². The standard InChI is InChI=1S/C9H9NO7/c1-15-7(11)5-3-4-6(17-5)10(8(12)13)9(14)16-2/h3-4H,1-2H3,(H,12,13). The van der Waals surface area contributed by atoms with E-state index in [2.05, 4.69) is 9.47 Å². The minimum Gasteiger partial charge on any atom is -0.464 e. The fraction of sp³-hybridized carbons (Fsp3) is 0.222. The van der Waals surface area contributed by atoms with Gasteiger partial charge in [-0.15, -0.1) is 4.90 Å². The van der Waals surface area contributed by atoms with E-state index < -0.39 is 18.2 Å². The number of ether oxygens (including phenoxy) is 2. The van der Waals surface area contributed by atoms with E-state index in [-0.39, 0.29) is 16.5 Å². The Morgan fingerprint density at radius 1 is 1.24 bits per heavy atom. The van der Waals surface area contributed by atoms with E-state index in [0.717, 1.165) is 20.3 Å². The summed E-state index contributed by atoms with van der Waals surface area (Å²) in [7, 11) is 2.15. The molecule has 0 saturated carbocycles. The largest absolute Gasteiger partial charge is 0.464 e. The van der Waals surface area contributed by atoms with Crippen molar-refractivity contribution >= 4 is 24.0 Å². The summed E-state index contributed by atoms with van der Waals surface area (Å²) in [6.45, 7) is 0. The molecule has 1 heterocycles. The van der Waals surface area contributed by atoms with Gasteiger partial charge in [0.25, 0.3) is 0 Å². The van der Waals surface area contributed by atoms with Gasteiger partial charge in [0.1, 0.15) is 0 Å². The molecule has 0 bridgehead atoms. The van der Waals surface area contributed by atoms with E-state index in [1.54, 1.807) is 0 Å². The molecule has 0 unspecified atom stereocenters. The maximum atomic E-state index is 11.1. The van der Waals surface area contributed by atoms with Crippen LogP contribution in [0.4, 0.5) is 15.5 Å². The zero-order valence-corrected chi connectivity index (χ0v) is 9.00. The van der Waals surface area contributed by atoms with Gasteiger partial charge in [0.05, 0.1) is 14.2 Å². The number of carbonyl (C=O) groups excluding carboxylic acids is 2. The highest BCUT2D eigenvalue weighted by atomic mass is 16.6. The van der Waals surface area contributed by atoms with Gasteiger partial charge in [-0.1, -0.05) is 0 Å². The number of anilines is 1. The lowest BCUT2D eigenvalue weighted by molar-refractivity contribution is 0.0565. The molecular formula is C9H9NO7. The van der Waals surface area contributed by atoms with Crippen LogP contribution in [0, 0.1) is 0 Å². The molecule has 1 N–H and O–H groups in total. The number of furan rings is 1. The van der Waals surface area contributed by atoms with Crippen LogP contribution in [0.1, 0.15) is 10.6 Å². The van der Waals surface area contributed by atoms with Gasteiger partial charge in [-0.3, -0.25) is 0 Å². The Bertz CT molecular complexity index is 450. The minimum absolute atomic E-state index is 0.215. The van der Waals surface area contributed by atoms with Gasteiger partial charge in [0, 0.05) is 6.07 Å². The monoisotopic (exact) mass is 243 g/mol. The summed E-state index contributed by atoms with van der Waals surface area (Å²) in [5.41, 5.74) is 0. The van der Waals surface area contributed by atoms with Crippen molar-refractivity contribution in [2.75, 3.05) is 19.1 Å². The third kappa shape index (κ3) is 2.54. The van der Waals surface area contributed by atoms with E-state index in [9.17, 15) is 14.4 Å². The number of nitrogens with zero attached hydrogens (tertiary/aromatic N) is 1. The predicted octanol–water partition coefficient (Wildman–Crippen LogP) is 1.32. The molecule has 0 aliphatic carbocycles. The molecule has 1 rings (SSSR count). The highest BCUT2D eigenvalue weighted by Crippen LogP contribution is 2.20. The number of imide groups is 1. The van der Waals surface area contributed by atoms with E-state index >= 15 is 0 Å². The number of carbonyl (C=O) groups is 3. The van der Waals surface area contributed by atoms with Gasteiger partial charge in [-0.2, -0.15) is 0 Å². The first-order valence-electron chi connectivity index (χ1n) is 4.30. The topological polar surface area (TPSA) is 106 Å². The van der Waals surface area contributed by atoms with Crippen LogP contribution in [0.2, 0.25) is 0 Å². The van der Waals surface area contributed by atoms with Crippen LogP contribution in [0.15, 0.2) is 16.5 Å². The lowest BCUT2D eigenvalue weighted by atomic mass is 10.4. The number of hydrogen-bond acceptors (Lipinski definition) is 6. The van der Waals surface area contributed by atoms with Gasteiger partial charge < -0.3 is 19.0 Å². The second kappa shape index (κ2) is 5.01. The molecule has 17 heavy (non-hydrogen) atoms. The lowest BCUT2D eigenvalue weighted by Crippen LogP contribution is -2.35. The summed E-state index contributed by atoms with van der Waals surface area (Å²) in [6.07, 6.45) is -2.74. The van der Waals surface area contributed by atoms with Crippen LogP contribution >= 0.6 is 0 Å². The van der Waals surface area contributed by atoms with Crippen molar-refractivity contribution in [3.8, 4) is 0 Å². The van der Waals surface area contributed by atoms with Gasteiger partial charge in [0.2, 0.25) is 11.6 Å². The Kier molecular flexibility index (Phi) is 3.70. The zero-order valence-electron chi connectivity index (χ0n) is 9.00. The molecule has 8 nitrogen and oxygen atoms in total. The minimum atomic E-state index is -1.59. The number of methoxy groups -OCH3 is 2. The molecule has 8 heteroatoms. The molecule has 1 aromatic heterocycles. The van der Waals surface area contributed by atoms with Crippen molar-refractivity contribution in [1.29, 1.82) is 0 Å². The Hall–Kier alpha value is -2.51. The fourth-order valence-corrected chi connectivity index (χ4v) is 1.01. The van der Waals surface area contributed by atoms with Crippen LogP contribution in [-0.4, -0.2) is 37.5 Å². The highest BCUT2D eigenvalue weighted by Gasteiger charge is 2.27. The highest BCUT2D eigenvalue weighted by molar-refractivity contribution is 6.07. The third-order valence-corrected chi connectivity index (χ3v) is 1.75. The SMILES string of the molecule is COC(=O)c1ccc(N(C(=O)O)C(=O)OC)o1. The van der Waals surface area contributed by atoms with Gasteiger partial charge in [-0.05, 0) is 6.07 Å². The first-order chi connectivity index (χ1) is 8.01. The summed E-state index contributed by atoms with van der Waals surface area (Å²) in [6, 6.07) is 2.32. The van der Waals surface area contributed by atoms with Crippen molar-refractivity contribution in [3.63, 3.8) is 0 Å². The lowest BCUT2D eigenvalue weighted by Gasteiger charge is -2.11. The number of hydrogen-bond donors (Lipinski definition) is 1. The Morgan fingerprint density at radius 2 is 1.88 bits per heavy atom. The maximum absolute atomic E-state index is 11.1. The summed E-state index contributed by atoms with van der Waals surface area (Å²) in [5, 5.41) is 8.78. The molecular weight excluding hydrogens is 234 g/mol. The molecule has 1 aromatic rings. The number of amides is 2. The third-order valence-electron chi connectivity index (χ3n) is 1.75. The number of carboxylic acid groups (broad SMARTS) is 1. The first-order valence-corrected chi connectivity index (χ1v) is 4.30. The molecule has 0 fully saturated rings. The Balaban J connectivity index is 3.04. The second-order valence-electron chi connectivity index (χ2n) is 2.72. The molecule has 0 aliphatic rings. The molecule has 0 aliphatic heterocycles. The quantitative estimate of drug-likeness (QED) is 0.780. The normalized spacial score (nSPS) is 9.53. The molecule has 92 valence electrons. The van der Waals surface area contributed by atoms with Crippen molar-refractivity contribution < 1.29 is 33.4 Å². The zero-order chi connectivity index (χ0) is 13.0. The van der Waals surface area contributed by atoms with Crippen molar-refractivity contribution in [2.24, 2.45) is 0 Å². The summed E-state index contributed by atoms with van der Waals surface area (Å²) in [4.78, 5) is 33.2. The van der Waals surface area contributed by atoms with E-state index in [0.29, 0.717) is 0 Å². The van der Waals surface area contributed by atoms with Crippen molar-refractivity contribution in [3.05, 3.63) is 17.9 Å². The van der Waals surface area contributed by atoms with Gasteiger partial charge >= 0.3 is 18.2 Å². The van der Waals surface area contributed by atoms with Gasteiger partial charge in [-0.25, -0.2) is 14.4 Å². The Labute approximate surface area is 95.3 Å². The predicted molar refractivity (Wildman–Crippen MR) is 53.0 cm³/mol.